The monoisotopic (exact) mass is 234 g/mol. The normalized spacial score (nSPS) is 18.5. The van der Waals surface area contributed by atoms with Crippen LogP contribution < -0.4 is 15.6 Å². The second-order valence-electron chi connectivity index (χ2n) is 4.40. The second-order valence-corrected chi connectivity index (χ2v) is 4.40. The molecule has 2 N–H and O–H groups in total. The first-order valence-corrected chi connectivity index (χ1v) is 5.84. The van der Waals surface area contributed by atoms with Crippen molar-refractivity contribution in [3.63, 3.8) is 0 Å². The first-order valence-electron chi connectivity index (χ1n) is 5.84. The lowest BCUT2D eigenvalue weighted by molar-refractivity contribution is -0.307. The molecule has 1 aliphatic rings. The van der Waals surface area contributed by atoms with Crippen LogP contribution >= 0.6 is 0 Å². The van der Waals surface area contributed by atoms with E-state index in [4.69, 9.17) is 10.5 Å². The molecule has 0 spiro atoms. The number of benzene rings is 1. The molecule has 0 aromatic heterocycles. The van der Waals surface area contributed by atoms with Crippen molar-refractivity contribution >= 4 is 5.97 Å². The highest BCUT2D eigenvalue weighted by molar-refractivity contribution is 5.66. The molecule has 1 aliphatic carbocycles. The Balaban J connectivity index is 2.16. The molecule has 4 nitrogen and oxygen atoms in total. The minimum absolute atomic E-state index is 0.392. The molecule has 1 unspecified atom stereocenters. The lowest BCUT2D eigenvalue weighted by atomic mass is 9.83. The van der Waals surface area contributed by atoms with Gasteiger partial charge in [0.15, 0.2) is 0 Å². The predicted molar refractivity (Wildman–Crippen MR) is 61.5 cm³/mol. The van der Waals surface area contributed by atoms with Gasteiger partial charge in [-0.2, -0.15) is 0 Å². The van der Waals surface area contributed by atoms with Gasteiger partial charge in [0.2, 0.25) is 0 Å². The van der Waals surface area contributed by atoms with Crippen LogP contribution in [-0.2, 0) is 17.6 Å². The first-order chi connectivity index (χ1) is 8.20. The van der Waals surface area contributed by atoms with Crippen molar-refractivity contribution in [2.24, 2.45) is 11.7 Å². The van der Waals surface area contributed by atoms with E-state index in [2.05, 4.69) is 6.07 Å². The molecule has 4 heteroatoms. The van der Waals surface area contributed by atoms with Gasteiger partial charge in [0, 0.05) is 0 Å². The Hall–Kier alpha value is -1.55. The van der Waals surface area contributed by atoms with Gasteiger partial charge >= 0.3 is 0 Å². The molecule has 0 saturated heterocycles. The van der Waals surface area contributed by atoms with Crippen LogP contribution in [0.2, 0.25) is 0 Å². The van der Waals surface area contributed by atoms with Crippen LogP contribution in [0.15, 0.2) is 18.2 Å². The number of fused-ring (bicyclic) bond motifs is 1. The number of hydrogen-bond acceptors (Lipinski definition) is 4. The molecule has 17 heavy (non-hydrogen) atoms. The van der Waals surface area contributed by atoms with Crippen LogP contribution in [0.25, 0.3) is 0 Å². The van der Waals surface area contributed by atoms with Crippen molar-refractivity contribution in [3.05, 3.63) is 29.3 Å². The number of carbonyl (C=O) groups excluding carboxylic acids is 1. The van der Waals surface area contributed by atoms with E-state index < -0.39 is 12.6 Å². The molecule has 0 fully saturated rings. The largest absolute Gasteiger partial charge is 0.546 e. The van der Waals surface area contributed by atoms with Gasteiger partial charge in [0.1, 0.15) is 12.4 Å². The van der Waals surface area contributed by atoms with E-state index in [9.17, 15) is 9.90 Å². The summed E-state index contributed by atoms with van der Waals surface area (Å²) in [7, 11) is 0. The molecular weight excluding hydrogens is 218 g/mol. The Kier molecular flexibility index (Phi) is 3.64. The van der Waals surface area contributed by atoms with Gasteiger partial charge in [-0.15, -0.1) is 0 Å². The van der Waals surface area contributed by atoms with Crippen LogP contribution in [0.5, 0.6) is 5.75 Å². The van der Waals surface area contributed by atoms with Crippen molar-refractivity contribution in [3.8, 4) is 5.75 Å². The van der Waals surface area contributed by atoms with E-state index in [-0.39, 0.29) is 0 Å². The van der Waals surface area contributed by atoms with Crippen LogP contribution in [0.4, 0.5) is 0 Å². The van der Waals surface area contributed by atoms with Crippen LogP contribution in [-0.4, -0.2) is 19.1 Å². The average Bonchev–Trinajstić information content (AvgIpc) is 2.35. The Morgan fingerprint density at radius 2 is 2.35 bits per heavy atom. The van der Waals surface area contributed by atoms with E-state index in [1.54, 1.807) is 0 Å². The molecule has 1 atom stereocenters. The Morgan fingerprint density at radius 1 is 1.53 bits per heavy atom. The number of aliphatic carboxylic acids is 1. The third-order valence-corrected chi connectivity index (χ3v) is 3.22. The molecule has 2 rings (SSSR count). The van der Waals surface area contributed by atoms with Crippen LogP contribution in [0.1, 0.15) is 17.5 Å². The smallest absolute Gasteiger partial charge is 0.128 e. The van der Waals surface area contributed by atoms with Gasteiger partial charge in [-0.25, -0.2) is 0 Å². The number of nitrogens with two attached hydrogens (primary N) is 1. The highest BCUT2D eigenvalue weighted by Crippen LogP contribution is 2.31. The third kappa shape index (κ3) is 2.77. The summed E-state index contributed by atoms with van der Waals surface area (Å²) in [6, 6.07) is 5.76. The van der Waals surface area contributed by atoms with Gasteiger partial charge in [-0.3, -0.25) is 0 Å². The molecule has 0 saturated carbocycles. The fraction of sp³-hybridized carbons (Fsp3) is 0.462. The first kappa shape index (κ1) is 11.9. The Labute approximate surface area is 100 Å². The Bertz CT molecular complexity index is 417. The molecular formula is C13H16NO3-. The maximum atomic E-state index is 10.4. The topological polar surface area (TPSA) is 75.4 Å². The van der Waals surface area contributed by atoms with Crippen molar-refractivity contribution in [2.75, 3.05) is 13.2 Å². The van der Waals surface area contributed by atoms with Crippen molar-refractivity contribution in [1.82, 2.24) is 0 Å². The molecule has 0 amide bonds. The minimum Gasteiger partial charge on any atom is -0.546 e. The predicted octanol–water partition coefficient (Wildman–Crippen LogP) is -0.121. The van der Waals surface area contributed by atoms with E-state index >= 15 is 0 Å². The van der Waals surface area contributed by atoms with Crippen molar-refractivity contribution in [2.45, 2.75) is 19.3 Å². The van der Waals surface area contributed by atoms with Crippen molar-refractivity contribution in [1.29, 1.82) is 0 Å². The summed E-state index contributed by atoms with van der Waals surface area (Å²) in [5.74, 6) is -0.000640. The molecule has 0 heterocycles. The highest BCUT2D eigenvalue weighted by atomic mass is 16.5. The summed E-state index contributed by atoms with van der Waals surface area (Å²) in [4.78, 5) is 10.4. The van der Waals surface area contributed by atoms with Crippen LogP contribution in [0, 0.1) is 5.92 Å². The second kappa shape index (κ2) is 5.19. The summed E-state index contributed by atoms with van der Waals surface area (Å²) >= 11 is 0. The van der Waals surface area contributed by atoms with Gasteiger partial charge in [0.25, 0.3) is 0 Å². The fourth-order valence-electron chi connectivity index (χ4n) is 2.32. The minimum atomic E-state index is -1.20. The number of carboxylic acid groups (broad SMARTS) is 1. The summed E-state index contributed by atoms with van der Waals surface area (Å²) in [5, 5.41) is 10.4. The highest BCUT2D eigenvalue weighted by Gasteiger charge is 2.20. The number of ether oxygens (including phenoxy) is 1. The standard InChI is InChI=1S/C13H17NO3/c14-7-9-4-5-11-10(6-9)2-1-3-12(11)17-8-13(15)16/h1-3,9H,4-8,14H2,(H,15,16)/p-1. The van der Waals surface area contributed by atoms with Gasteiger partial charge in [0.05, 0.1) is 5.97 Å². The number of carbonyl (C=O) groups is 1. The quantitative estimate of drug-likeness (QED) is 0.788. The van der Waals surface area contributed by atoms with E-state index in [1.807, 2.05) is 12.1 Å². The van der Waals surface area contributed by atoms with E-state index in [0.717, 1.165) is 24.8 Å². The van der Waals surface area contributed by atoms with E-state index in [1.165, 1.54) is 5.56 Å². The number of hydrogen-bond donors (Lipinski definition) is 1. The molecule has 0 radical (unpaired) electrons. The summed E-state index contributed by atoms with van der Waals surface area (Å²) < 4.78 is 5.24. The summed E-state index contributed by atoms with van der Waals surface area (Å²) in [6.45, 7) is 0.306. The lowest BCUT2D eigenvalue weighted by Gasteiger charge is -2.25. The summed E-state index contributed by atoms with van der Waals surface area (Å²) in [5.41, 5.74) is 8.03. The SMILES string of the molecule is NCC1CCc2c(cccc2OCC(=O)[O-])C1. The zero-order valence-electron chi connectivity index (χ0n) is 9.65. The van der Waals surface area contributed by atoms with Gasteiger partial charge < -0.3 is 20.4 Å². The van der Waals surface area contributed by atoms with Gasteiger partial charge in [-0.05, 0) is 48.9 Å². The maximum Gasteiger partial charge on any atom is 0.128 e. The zero-order valence-corrected chi connectivity index (χ0v) is 9.65. The number of carboxylic acids is 1. The molecule has 0 bridgehead atoms. The van der Waals surface area contributed by atoms with Gasteiger partial charge in [-0.1, -0.05) is 12.1 Å². The molecule has 1 aromatic carbocycles. The average molecular weight is 234 g/mol. The van der Waals surface area contributed by atoms with Crippen LogP contribution in [0.3, 0.4) is 0 Å². The molecule has 92 valence electrons. The van der Waals surface area contributed by atoms with Crippen molar-refractivity contribution < 1.29 is 14.6 Å². The maximum absolute atomic E-state index is 10.4. The molecule has 1 aromatic rings. The zero-order chi connectivity index (χ0) is 12.3. The van der Waals surface area contributed by atoms with E-state index in [0.29, 0.717) is 18.2 Å². The number of rotatable bonds is 4. The Morgan fingerprint density at radius 3 is 3.06 bits per heavy atom. The fourth-order valence-corrected chi connectivity index (χ4v) is 2.32. The lowest BCUT2D eigenvalue weighted by Crippen LogP contribution is -2.29. The molecule has 0 aliphatic heterocycles. The third-order valence-electron chi connectivity index (χ3n) is 3.22. The summed E-state index contributed by atoms with van der Waals surface area (Å²) in [6.07, 6.45) is 2.89.